The van der Waals surface area contributed by atoms with E-state index in [1.54, 1.807) is 0 Å². The van der Waals surface area contributed by atoms with Crippen molar-refractivity contribution < 1.29 is 28.6 Å². The van der Waals surface area contributed by atoms with Crippen LogP contribution >= 0.6 is 0 Å². The molecule has 0 rings (SSSR count). The van der Waals surface area contributed by atoms with Gasteiger partial charge in [0.25, 0.3) is 0 Å². The Morgan fingerprint density at radius 2 is 0.633 bits per heavy atom. The highest BCUT2D eigenvalue weighted by atomic mass is 16.6. The normalized spacial score (nSPS) is 12.2. The molecule has 60 heavy (non-hydrogen) atoms. The van der Waals surface area contributed by atoms with Crippen LogP contribution in [0.3, 0.4) is 0 Å². The van der Waals surface area contributed by atoms with Gasteiger partial charge in [0.15, 0.2) is 6.10 Å². The highest BCUT2D eigenvalue weighted by molar-refractivity contribution is 5.71. The Balaban J connectivity index is 4.34. The van der Waals surface area contributed by atoms with E-state index < -0.39 is 6.10 Å². The smallest absolute Gasteiger partial charge is 0.306 e. The zero-order chi connectivity index (χ0) is 43.7. The summed E-state index contributed by atoms with van der Waals surface area (Å²) in [6.07, 6.45) is 57.0. The Morgan fingerprint density at radius 1 is 0.333 bits per heavy atom. The topological polar surface area (TPSA) is 78.9 Å². The van der Waals surface area contributed by atoms with Gasteiger partial charge in [-0.05, 0) is 70.6 Å². The molecule has 0 amide bonds. The SMILES string of the molecule is CCC/C=C\CCCCCCCC(=O)OCC(COC(=O)CCCCCCC/C=C\C/C=C\CCCCCC)OC(=O)CCCCCCCCCCCCCCCCCC. The molecular weight excluding hydrogens is 745 g/mol. The predicted molar refractivity (Wildman–Crippen MR) is 256 cm³/mol. The minimum absolute atomic E-state index is 0.0787. The number of rotatable bonds is 47. The second-order valence-corrected chi connectivity index (χ2v) is 17.4. The van der Waals surface area contributed by atoms with Crippen molar-refractivity contribution in [1.82, 2.24) is 0 Å². The number of unbranched alkanes of at least 4 members (excludes halogenated alkanes) is 30. The molecule has 0 saturated heterocycles. The summed E-state index contributed by atoms with van der Waals surface area (Å²) < 4.78 is 16.8. The molecule has 0 aliphatic heterocycles. The number of esters is 3. The molecule has 6 nitrogen and oxygen atoms in total. The standard InChI is InChI=1S/C54H98O6/c1-4-7-10-13-16-19-22-24-26-28-30-32-35-38-41-44-47-53(56)59-50-51(49-58-52(55)46-43-40-37-34-21-18-15-12-9-6-3)60-54(57)48-45-42-39-36-33-31-29-27-25-23-20-17-14-11-8-5-2/h12,15,19,22,26,28,51H,4-11,13-14,16-18,20-21,23-25,27,29-50H2,1-3H3/b15-12-,22-19-,28-26-. The van der Waals surface area contributed by atoms with Crippen molar-refractivity contribution in [1.29, 1.82) is 0 Å². The van der Waals surface area contributed by atoms with Gasteiger partial charge in [-0.1, -0.05) is 218 Å². The van der Waals surface area contributed by atoms with Crippen molar-refractivity contribution in [2.24, 2.45) is 0 Å². The van der Waals surface area contributed by atoms with Gasteiger partial charge in [-0.2, -0.15) is 0 Å². The van der Waals surface area contributed by atoms with E-state index in [0.717, 1.165) is 89.9 Å². The molecule has 0 radical (unpaired) electrons. The van der Waals surface area contributed by atoms with Crippen molar-refractivity contribution in [3.05, 3.63) is 36.5 Å². The Bertz CT molecular complexity index is 1020. The van der Waals surface area contributed by atoms with E-state index in [1.165, 1.54) is 141 Å². The lowest BCUT2D eigenvalue weighted by Gasteiger charge is -2.18. The second-order valence-electron chi connectivity index (χ2n) is 17.4. The van der Waals surface area contributed by atoms with E-state index >= 15 is 0 Å². The lowest BCUT2D eigenvalue weighted by Crippen LogP contribution is -2.30. The van der Waals surface area contributed by atoms with Crippen molar-refractivity contribution in [3.63, 3.8) is 0 Å². The number of ether oxygens (including phenoxy) is 3. The van der Waals surface area contributed by atoms with Gasteiger partial charge in [0, 0.05) is 19.3 Å². The molecule has 0 fully saturated rings. The van der Waals surface area contributed by atoms with Crippen molar-refractivity contribution in [2.45, 2.75) is 277 Å². The average molecular weight is 843 g/mol. The van der Waals surface area contributed by atoms with Crippen LogP contribution in [0.2, 0.25) is 0 Å². The van der Waals surface area contributed by atoms with Crippen LogP contribution in [0.15, 0.2) is 36.5 Å². The molecule has 0 aromatic carbocycles. The number of hydrogen-bond acceptors (Lipinski definition) is 6. The number of carbonyl (C=O) groups excluding carboxylic acids is 3. The van der Waals surface area contributed by atoms with Crippen LogP contribution in [0.5, 0.6) is 0 Å². The van der Waals surface area contributed by atoms with Crippen LogP contribution in [0.25, 0.3) is 0 Å². The first kappa shape index (κ1) is 57.6. The van der Waals surface area contributed by atoms with Gasteiger partial charge >= 0.3 is 17.9 Å². The highest BCUT2D eigenvalue weighted by Gasteiger charge is 2.19. The lowest BCUT2D eigenvalue weighted by atomic mass is 10.0. The molecule has 6 heteroatoms. The molecule has 350 valence electrons. The minimum Gasteiger partial charge on any atom is -0.462 e. The van der Waals surface area contributed by atoms with Gasteiger partial charge in [-0.25, -0.2) is 0 Å². The van der Waals surface area contributed by atoms with E-state index in [1.807, 2.05) is 0 Å². The predicted octanol–water partition coefficient (Wildman–Crippen LogP) is 16.9. The molecule has 0 N–H and O–H groups in total. The average Bonchev–Trinajstić information content (AvgIpc) is 3.24. The fourth-order valence-electron chi connectivity index (χ4n) is 7.42. The van der Waals surface area contributed by atoms with Crippen LogP contribution in [0, 0.1) is 0 Å². The van der Waals surface area contributed by atoms with E-state index in [9.17, 15) is 14.4 Å². The Kier molecular flexibility index (Phi) is 47.3. The maximum Gasteiger partial charge on any atom is 0.306 e. The van der Waals surface area contributed by atoms with E-state index in [4.69, 9.17) is 14.2 Å². The summed E-state index contributed by atoms with van der Waals surface area (Å²) in [7, 11) is 0. The molecule has 0 saturated carbocycles. The van der Waals surface area contributed by atoms with E-state index in [-0.39, 0.29) is 31.1 Å². The quantitative estimate of drug-likeness (QED) is 0.0263. The minimum atomic E-state index is -0.776. The summed E-state index contributed by atoms with van der Waals surface area (Å²) in [4.78, 5) is 37.9. The Morgan fingerprint density at radius 3 is 1.02 bits per heavy atom. The van der Waals surface area contributed by atoms with Gasteiger partial charge in [-0.3, -0.25) is 14.4 Å². The first-order valence-electron chi connectivity index (χ1n) is 26.0. The maximum atomic E-state index is 12.8. The molecule has 0 spiro atoms. The third kappa shape index (κ3) is 46.7. The summed E-state index contributed by atoms with van der Waals surface area (Å²) in [5, 5.41) is 0. The molecule has 0 bridgehead atoms. The summed E-state index contributed by atoms with van der Waals surface area (Å²) in [5.74, 6) is -0.892. The summed E-state index contributed by atoms with van der Waals surface area (Å²) in [6, 6.07) is 0. The zero-order valence-corrected chi connectivity index (χ0v) is 40.0. The monoisotopic (exact) mass is 843 g/mol. The molecule has 0 heterocycles. The molecule has 0 aromatic rings. The molecule has 0 aliphatic rings. The summed E-state index contributed by atoms with van der Waals surface area (Å²) >= 11 is 0. The van der Waals surface area contributed by atoms with Gasteiger partial charge in [0.2, 0.25) is 0 Å². The largest absolute Gasteiger partial charge is 0.462 e. The first-order chi connectivity index (χ1) is 29.5. The Hall–Kier alpha value is -2.37. The second kappa shape index (κ2) is 49.3. The van der Waals surface area contributed by atoms with Crippen LogP contribution in [0.4, 0.5) is 0 Å². The zero-order valence-electron chi connectivity index (χ0n) is 40.0. The van der Waals surface area contributed by atoms with Crippen LogP contribution in [-0.4, -0.2) is 37.2 Å². The third-order valence-electron chi connectivity index (χ3n) is 11.3. The molecular formula is C54H98O6. The number of allylic oxidation sites excluding steroid dienone is 6. The number of hydrogen-bond donors (Lipinski definition) is 0. The fourth-order valence-corrected chi connectivity index (χ4v) is 7.42. The summed E-state index contributed by atoms with van der Waals surface area (Å²) in [6.45, 7) is 6.56. The fraction of sp³-hybridized carbons (Fsp3) is 0.833. The molecule has 0 aromatic heterocycles. The third-order valence-corrected chi connectivity index (χ3v) is 11.3. The molecule has 1 unspecified atom stereocenters. The summed E-state index contributed by atoms with van der Waals surface area (Å²) in [5.41, 5.74) is 0. The van der Waals surface area contributed by atoms with Gasteiger partial charge < -0.3 is 14.2 Å². The van der Waals surface area contributed by atoms with Crippen molar-refractivity contribution >= 4 is 17.9 Å². The molecule has 1 atom stereocenters. The van der Waals surface area contributed by atoms with Crippen LogP contribution in [0.1, 0.15) is 271 Å². The van der Waals surface area contributed by atoms with Crippen LogP contribution in [-0.2, 0) is 28.6 Å². The molecule has 0 aliphatic carbocycles. The maximum absolute atomic E-state index is 12.8. The van der Waals surface area contributed by atoms with Crippen molar-refractivity contribution in [3.8, 4) is 0 Å². The van der Waals surface area contributed by atoms with Crippen molar-refractivity contribution in [2.75, 3.05) is 13.2 Å². The highest BCUT2D eigenvalue weighted by Crippen LogP contribution is 2.16. The van der Waals surface area contributed by atoms with E-state index in [0.29, 0.717) is 19.3 Å². The Labute approximate surface area is 372 Å². The first-order valence-corrected chi connectivity index (χ1v) is 26.0. The van der Waals surface area contributed by atoms with Crippen LogP contribution < -0.4 is 0 Å². The van der Waals surface area contributed by atoms with E-state index in [2.05, 4.69) is 57.2 Å². The van der Waals surface area contributed by atoms with Gasteiger partial charge in [-0.15, -0.1) is 0 Å². The number of carbonyl (C=O) groups is 3. The van der Waals surface area contributed by atoms with Gasteiger partial charge in [0.1, 0.15) is 13.2 Å². The lowest BCUT2D eigenvalue weighted by molar-refractivity contribution is -0.167. The van der Waals surface area contributed by atoms with Gasteiger partial charge in [0.05, 0.1) is 0 Å².